The zero-order chi connectivity index (χ0) is 25.8. The quantitative estimate of drug-likeness (QED) is 0.403. The van der Waals surface area contributed by atoms with Crippen LogP contribution in [0.3, 0.4) is 0 Å². The smallest absolute Gasteiger partial charge is 0.247 e. The first-order valence-corrected chi connectivity index (χ1v) is 12.4. The Balaban J connectivity index is 1.24. The summed E-state index contributed by atoms with van der Waals surface area (Å²) in [7, 11) is 0. The number of benzene rings is 2. The number of nitrogens with one attached hydrogen (secondary N) is 2. The number of nitrogens with zero attached hydrogens (tertiary/aromatic N) is 4. The Bertz CT molecular complexity index is 1430. The van der Waals surface area contributed by atoms with Crippen molar-refractivity contribution in [2.75, 3.05) is 17.2 Å². The number of anilines is 2. The van der Waals surface area contributed by atoms with Crippen LogP contribution in [0.15, 0.2) is 73.2 Å². The number of hydrogen-bond donors (Lipinski definition) is 2. The predicted octanol–water partition coefficient (Wildman–Crippen LogP) is 3.92. The van der Waals surface area contributed by atoms with Gasteiger partial charge in [-0.3, -0.25) is 18.8 Å². The zero-order valence-electron chi connectivity index (χ0n) is 20.6. The fraction of sp³-hybridized carbons (Fsp3) is 0.250. The summed E-state index contributed by atoms with van der Waals surface area (Å²) in [5.74, 6) is 0.228. The van der Waals surface area contributed by atoms with E-state index in [1.54, 1.807) is 28.6 Å². The summed E-state index contributed by atoms with van der Waals surface area (Å²) in [4.78, 5) is 48.1. The van der Waals surface area contributed by atoms with E-state index in [0.717, 1.165) is 23.2 Å². The van der Waals surface area contributed by atoms with Gasteiger partial charge in [-0.25, -0.2) is 9.97 Å². The fourth-order valence-corrected chi connectivity index (χ4v) is 4.50. The Kier molecular flexibility index (Phi) is 6.93. The van der Waals surface area contributed by atoms with Gasteiger partial charge >= 0.3 is 0 Å². The maximum absolute atomic E-state index is 13.0. The van der Waals surface area contributed by atoms with Crippen molar-refractivity contribution in [2.24, 2.45) is 0 Å². The molecule has 3 amide bonds. The molecule has 1 saturated heterocycles. The lowest BCUT2D eigenvalue weighted by atomic mass is 10.1. The first-order chi connectivity index (χ1) is 18.0. The number of likely N-dealkylation sites (tertiary alicyclic amines) is 1. The van der Waals surface area contributed by atoms with Crippen molar-refractivity contribution in [1.82, 2.24) is 19.3 Å². The molecular weight excluding hydrogens is 468 g/mol. The second-order valence-electron chi connectivity index (χ2n) is 9.05. The summed E-state index contributed by atoms with van der Waals surface area (Å²) in [5.41, 5.74) is 3.78. The van der Waals surface area contributed by atoms with Gasteiger partial charge in [-0.2, -0.15) is 0 Å². The van der Waals surface area contributed by atoms with Crippen LogP contribution in [0.2, 0.25) is 0 Å². The summed E-state index contributed by atoms with van der Waals surface area (Å²) in [6.45, 7) is 2.38. The molecule has 1 aliphatic heterocycles. The highest BCUT2D eigenvalue weighted by molar-refractivity contribution is 5.98. The number of carbonyl (C=O) groups excluding carboxylic acids is 3. The standard InChI is InChI=1S/C28H28N6O3/c1-2-25(35)30-22-16-29-28-32-23(18-33(28)17-22)20-10-12-21(13-11-20)31-27(37)24-9-6-14-34(24)26(36)15-19-7-4-3-5-8-19/h3-5,7-8,10-13,16-18,24H,2,6,9,14-15H2,1H3,(H,30,35)(H,31,37). The van der Waals surface area contributed by atoms with E-state index in [1.165, 1.54) is 0 Å². The fourth-order valence-electron chi connectivity index (χ4n) is 4.50. The highest BCUT2D eigenvalue weighted by Crippen LogP contribution is 2.24. The summed E-state index contributed by atoms with van der Waals surface area (Å²) >= 11 is 0. The summed E-state index contributed by atoms with van der Waals surface area (Å²) < 4.78 is 1.76. The van der Waals surface area contributed by atoms with Gasteiger partial charge in [0.25, 0.3) is 0 Å². The second-order valence-corrected chi connectivity index (χ2v) is 9.05. The SMILES string of the molecule is CCC(=O)Nc1cnc2nc(-c3ccc(NC(=O)C4CCCN4C(=O)Cc4ccccc4)cc3)cn2c1. The molecule has 2 aromatic heterocycles. The minimum atomic E-state index is -0.470. The number of aromatic nitrogens is 3. The van der Waals surface area contributed by atoms with Crippen LogP contribution in [0.5, 0.6) is 0 Å². The van der Waals surface area contributed by atoms with Gasteiger partial charge in [0.15, 0.2) is 0 Å². The third-order valence-electron chi connectivity index (χ3n) is 6.44. The topological polar surface area (TPSA) is 109 Å². The van der Waals surface area contributed by atoms with Gasteiger partial charge in [0, 0.05) is 36.6 Å². The van der Waals surface area contributed by atoms with Crippen LogP contribution in [0.25, 0.3) is 17.0 Å². The van der Waals surface area contributed by atoms with Crippen molar-refractivity contribution >= 4 is 34.9 Å². The molecule has 9 nitrogen and oxygen atoms in total. The van der Waals surface area contributed by atoms with Crippen LogP contribution in [-0.4, -0.2) is 49.6 Å². The number of rotatable bonds is 7. The van der Waals surface area contributed by atoms with Gasteiger partial charge < -0.3 is 15.5 Å². The van der Waals surface area contributed by atoms with Crippen LogP contribution in [0, 0.1) is 0 Å². The van der Waals surface area contributed by atoms with E-state index in [1.807, 2.05) is 60.8 Å². The van der Waals surface area contributed by atoms with E-state index in [-0.39, 0.29) is 17.7 Å². The molecule has 0 radical (unpaired) electrons. The van der Waals surface area contributed by atoms with Crippen molar-refractivity contribution in [3.63, 3.8) is 0 Å². The molecule has 1 unspecified atom stereocenters. The first kappa shape index (κ1) is 24.2. The van der Waals surface area contributed by atoms with E-state index in [9.17, 15) is 14.4 Å². The molecule has 0 saturated carbocycles. The predicted molar refractivity (Wildman–Crippen MR) is 141 cm³/mol. The lowest BCUT2D eigenvalue weighted by Gasteiger charge is -2.24. The van der Waals surface area contributed by atoms with Gasteiger partial charge in [0.1, 0.15) is 6.04 Å². The molecule has 9 heteroatoms. The third kappa shape index (κ3) is 5.50. The van der Waals surface area contributed by atoms with Gasteiger partial charge in [-0.1, -0.05) is 49.4 Å². The van der Waals surface area contributed by atoms with E-state index < -0.39 is 6.04 Å². The van der Waals surface area contributed by atoms with Gasteiger partial charge in [0.05, 0.1) is 24.0 Å². The average Bonchev–Trinajstić information content (AvgIpc) is 3.57. The maximum Gasteiger partial charge on any atom is 0.247 e. The van der Waals surface area contributed by atoms with Crippen LogP contribution >= 0.6 is 0 Å². The van der Waals surface area contributed by atoms with Crippen molar-refractivity contribution in [3.05, 3.63) is 78.8 Å². The molecule has 1 aliphatic rings. The molecule has 5 rings (SSSR count). The number of amides is 3. The zero-order valence-corrected chi connectivity index (χ0v) is 20.6. The Morgan fingerprint density at radius 3 is 2.51 bits per heavy atom. The Morgan fingerprint density at radius 2 is 1.76 bits per heavy atom. The average molecular weight is 497 g/mol. The highest BCUT2D eigenvalue weighted by Gasteiger charge is 2.33. The Hall–Kier alpha value is -4.53. The van der Waals surface area contributed by atoms with Crippen molar-refractivity contribution in [2.45, 2.75) is 38.6 Å². The van der Waals surface area contributed by atoms with Crippen LogP contribution < -0.4 is 10.6 Å². The van der Waals surface area contributed by atoms with Crippen molar-refractivity contribution in [3.8, 4) is 11.3 Å². The summed E-state index contributed by atoms with van der Waals surface area (Å²) in [5, 5.41) is 5.75. The van der Waals surface area contributed by atoms with Gasteiger partial charge in [0.2, 0.25) is 23.5 Å². The van der Waals surface area contributed by atoms with Gasteiger partial charge in [-0.05, 0) is 30.5 Å². The monoisotopic (exact) mass is 496 g/mol. The Morgan fingerprint density at radius 1 is 0.973 bits per heavy atom. The molecule has 1 atom stereocenters. The molecule has 0 aliphatic carbocycles. The molecule has 0 spiro atoms. The normalized spacial score (nSPS) is 15.1. The molecule has 188 valence electrons. The lowest BCUT2D eigenvalue weighted by molar-refractivity contribution is -0.136. The molecule has 2 N–H and O–H groups in total. The molecule has 1 fully saturated rings. The summed E-state index contributed by atoms with van der Waals surface area (Å²) in [6, 6.07) is 16.5. The van der Waals surface area contributed by atoms with E-state index in [4.69, 9.17) is 0 Å². The number of fused-ring (bicyclic) bond motifs is 1. The molecule has 37 heavy (non-hydrogen) atoms. The number of imidazole rings is 1. The molecule has 3 heterocycles. The molecule has 2 aromatic carbocycles. The second kappa shape index (κ2) is 10.6. The molecular formula is C28H28N6O3. The number of hydrogen-bond acceptors (Lipinski definition) is 5. The minimum absolute atomic E-state index is 0.0305. The first-order valence-electron chi connectivity index (χ1n) is 12.4. The van der Waals surface area contributed by atoms with Crippen LogP contribution in [-0.2, 0) is 20.8 Å². The van der Waals surface area contributed by atoms with Gasteiger partial charge in [-0.15, -0.1) is 0 Å². The highest BCUT2D eigenvalue weighted by atomic mass is 16.2. The molecule has 4 aromatic rings. The largest absolute Gasteiger partial charge is 0.330 e. The number of carbonyl (C=O) groups is 3. The summed E-state index contributed by atoms with van der Waals surface area (Å²) in [6.07, 6.45) is 7.33. The molecule has 0 bridgehead atoms. The van der Waals surface area contributed by atoms with E-state index in [0.29, 0.717) is 43.0 Å². The maximum atomic E-state index is 13.0. The van der Waals surface area contributed by atoms with Crippen molar-refractivity contribution < 1.29 is 14.4 Å². The van der Waals surface area contributed by atoms with E-state index in [2.05, 4.69) is 20.6 Å². The Labute approximate surface area is 214 Å². The lowest BCUT2D eigenvalue weighted by Crippen LogP contribution is -2.43. The van der Waals surface area contributed by atoms with Crippen molar-refractivity contribution in [1.29, 1.82) is 0 Å². The van der Waals surface area contributed by atoms with E-state index >= 15 is 0 Å². The minimum Gasteiger partial charge on any atom is -0.330 e. The third-order valence-corrected chi connectivity index (χ3v) is 6.44. The van der Waals surface area contributed by atoms with Crippen LogP contribution in [0.1, 0.15) is 31.7 Å². The van der Waals surface area contributed by atoms with Crippen LogP contribution in [0.4, 0.5) is 11.4 Å².